The molecule has 44 valence electrons. The summed E-state index contributed by atoms with van der Waals surface area (Å²) in [5, 5.41) is 3.13. The molecule has 0 saturated carbocycles. The number of hydrogen-bond donors (Lipinski definition) is 1. The van der Waals surface area contributed by atoms with E-state index in [9.17, 15) is 0 Å². The first-order chi connectivity index (χ1) is 3.79. The summed E-state index contributed by atoms with van der Waals surface area (Å²) < 4.78 is 5.20. The molecule has 0 aliphatic carbocycles. The van der Waals surface area contributed by atoms with Crippen LogP contribution >= 0.6 is 0 Å². The van der Waals surface area contributed by atoms with Gasteiger partial charge in [0.25, 0.3) is 0 Å². The maximum absolute atomic E-state index is 5.44. The van der Waals surface area contributed by atoms with Gasteiger partial charge in [-0.2, -0.15) is 0 Å². The Morgan fingerprint density at radius 1 is 1.62 bits per heavy atom. The van der Waals surface area contributed by atoms with E-state index in [1.165, 1.54) is 0 Å². The summed E-state index contributed by atoms with van der Waals surface area (Å²) in [6.07, 6.45) is 0.277. The highest BCUT2D eigenvalue weighted by molar-refractivity contribution is 6.11. The van der Waals surface area contributed by atoms with Gasteiger partial charge in [0, 0.05) is 19.1 Å². The zero-order valence-corrected chi connectivity index (χ0v) is 5.05. The molecule has 8 heavy (non-hydrogen) atoms. The Hall–Kier alpha value is -0.0151. The van der Waals surface area contributed by atoms with Gasteiger partial charge >= 0.3 is 0 Å². The van der Waals surface area contributed by atoms with E-state index < -0.39 is 0 Å². The third kappa shape index (κ3) is 1.49. The van der Waals surface area contributed by atoms with E-state index in [0.717, 1.165) is 13.1 Å². The molecule has 1 saturated heterocycles. The molecule has 0 aromatic heterocycles. The molecular weight excluding hydrogens is 101 g/mol. The summed E-state index contributed by atoms with van der Waals surface area (Å²) in [5.41, 5.74) is 0. The molecule has 1 heterocycles. The van der Waals surface area contributed by atoms with Crippen molar-refractivity contribution >= 4 is 7.85 Å². The summed E-state index contributed by atoms with van der Waals surface area (Å²) >= 11 is 0. The van der Waals surface area contributed by atoms with Crippen LogP contribution in [0.2, 0.25) is 0 Å². The van der Waals surface area contributed by atoms with Crippen LogP contribution in [0.1, 0.15) is 6.92 Å². The second-order valence-electron chi connectivity index (χ2n) is 2.14. The molecule has 1 fully saturated rings. The molecular formula is C5H10BNO. The van der Waals surface area contributed by atoms with Gasteiger partial charge in [0.15, 0.2) is 0 Å². The lowest BCUT2D eigenvalue weighted by Crippen LogP contribution is -2.43. The summed E-state index contributed by atoms with van der Waals surface area (Å²) in [4.78, 5) is 0. The van der Waals surface area contributed by atoms with Crippen LogP contribution in [-0.2, 0) is 4.74 Å². The topological polar surface area (TPSA) is 21.3 Å². The molecule has 0 bridgehead atoms. The van der Waals surface area contributed by atoms with E-state index in [-0.39, 0.29) is 12.1 Å². The monoisotopic (exact) mass is 111 g/mol. The second-order valence-corrected chi connectivity index (χ2v) is 2.14. The van der Waals surface area contributed by atoms with Crippen molar-refractivity contribution in [1.29, 1.82) is 0 Å². The van der Waals surface area contributed by atoms with Crippen LogP contribution in [-0.4, -0.2) is 33.0 Å². The molecule has 0 aromatic carbocycles. The first kappa shape index (κ1) is 6.11. The molecule has 2 nitrogen and oxygen atoms in total. The lowest BCUT2D eigenvalue weighted by molar-refractivity contribution is 0.0161. The van der Waals surface area contributed by atoms with E-state index in [1.54, 1.807) is 0 Å². The van der Waals surface area contributed by atoms with Crippen molar-refractivity contribution < 1.29 is 4.74 Å². The summed E-state index contributed by atoms with van der Waals surface area (Å²) in [7, 11) is 5.44. The van der Waals surface area contributed by atoms with Crippen molar-refractivity contribution in [2.24, 2.45) is 0 Å². The largest absolute Gasteiger partial charge is 0.382 e. The molecule has 1 aliphatic rings. The average molecular weight is 111 g/mol. The zero-order valence-electron chi connectivity index (χ0n) is 5.05. The molecule has 0 amide bonds. The van der Waals surface area contributed by atoms with Crippen molar-refractivity contribution in [3.05, 3.63) is 0 Å². The summed E-state index contributed by atoms with van der Waals surface area (Å²) in [6, 6.07) is -0.0984. The van der Waals surface area contributed by atoms with Gasteiger partial charge < -0.3 is 10.1 Å². The van der Waals surface area contributed by atoms with Crippen LogP contribution in [0.3, 0.4) is 0 Å². The highest BCUT2D eigenvalue weighted by Crippen LogP contribution is 1.97. The predicted octanol–water partition coefficient (Wildman–Crippen LogP) is -0.511. The number of hydrogen-bond acceptors (Lipinski definition) is 2. The normalized spacial score (nSPS) is 39.6. The maximum Gasteiger partial charge on any atom is 0.110 e. The van der Waals surface area contributed by atoms with Gasteiger partial charge in [0.1, 0.15) is 7.85 Å². The summed E-state index contributed by atoms with van der Waals surface area (Å²) in [6.45, 7) is 3.71. The second kappa shape index (κ2) is 2.51. The Morgan fingerprint density at radius 2 is 2.38 bits per heavy atom. The van der Waals surface area contributed by atoms with E-state index in [2.05, 4.69) is 5.32 Å². The van der Waals surface area contributed by atoms with Crippen molar-refractivity contribution in [1.82, 2.24) is 5.32 Å². The standard InChI is InChI=1S/C5H10BNO/c1-4-2-7-3-5(6)8-4/h4-5,7H,2-3H2,1H3. The maximum atomic E-state index is 5.44. The van der Waals surface area contributed by atoms with Crippen molar-refractivity contribution in [2.75, 3.05) is 13.1 Å². The fourth-order valence-electron chi connectivity index (χ4n) is 0.823. The predicted molar refractivity (Wildman–Crippen MR) is 33.0 cm³/mol. The number of ether oxygens (including phenoxy) is 1. The molecule has 1 aliphatic heterocycles. The molecule has 3 heteroatoms. The molecule has 2 unspecified atom stereocenters. The van der Waals surface area contributed by atoms with Gasteiger partial charge in [-0.15, -0.1) is 0 Å². The van der Waals surface area contributed by atoms with E-state index in [0.29, 0.717) is 0 Å². The molecule has 2 radical (unpaired) electrons. The molecule has 0 spiro atoms. The van der Waals surface area contributed by atoms with Crippen LogP contribution in [0.25, 0.3) is 0 Å². The van der Waals surface area contributed by atoms with Crippen LogP contribution in [0.4, 0.5) is 0 Å². The van der Waals surface area contributed by atoms with Crippen molar-refractivity contribution in [2.45, 2.75) is 19.0 Å². The van der Waals surface area contributed by atoms with Crippen molar-refractivity contribution in [3.63, 3.8) is 0 Å². The molecule has 0 aromatic rings. The smallest absolute Gasteiger partial charge is 0.110 e. The molecule has 1 N–H and O–H groups in total. The van der Waals surface area contributed by atoms with Gasteiger partial charge in [0.2, 0.25) is 0 Å². The van der Waals surface area contributed by atoms with Crippen LogP contribution < -0.4 is 5.32 Å². The zero-order chi connectivity index (χ0) is 5.98. The summed E-state index contributed by atoms with van der Waals surface area (Å²) in [5.74, 6) is 0. The van der Waals surface area contributed by atoms with Crippen LogP contribution in [0, 0.1) is 0 Å². The van der Waals surface area contributed by atoms with Gasteiger partial charge in [-0.05, 0) is 6.92 Å². The van der Waals surface area contributed by atoms with Gasteiger partial charge in [-0.1, -0.05) is 0 Å². The Balaban J connectivity index is 2.23. The number of rotatable bonds is 0. The van der Waals surface area contributed by atoms with E-state index >= 15 is 0 Å². The SMILES string of the molecule is [B]C1CNCC(C)O1. The van der Waals surface area contributed by atoms with Crippen molar-refractivity contribution in [3.8, 4) is 0 Å². The number of nitrogens with one attached hydrogen (secondary N) is 1. The van der Waals surface area contributed by atoms with Crippen LogP contribution in [0.15, 0.2) is 0 Å². The first-order valence-corrected chi connectivity index (χ1v) is 2.91. The highest BCUT2D eigenvalue weighted by Gasteiger charge is 2.12. The van der Waals surface area contributed by atoms with Gasteiger partial charge in [-0.25, -0.2) is 0 Å². The third-order valence-corrected chi connectivity index (χ3v) is 1.18. The minimum Gasteiger partial charge on any atom is -0.382 e. The fraction of sp³-hybridized carbons (Fsp3) is 1.00. The Morgan fingerprint density at radius 3 is 2.75 bits per heavy atom. The van der Waals surface area contributed by atoms with Crippen LogP contribution in [0.5, 0.6) is 0 Å². The Bertz CT molecular complexity index is 70.8. The minimum absolute atomic E-state index is 0.0984. The van der Waals surface area contributed by atoms with E-state index in [4.69, 9.17) is 12.6 Å². The Labute approximate surface area is 51.0 Å². The molecule has 1 rings (SSSR count). The quantitative estimate of drug-likeness (QED) is 0.425. The van der Waals surface area contributed by atoms with E-state index in [1.807, 2.05) is 6.92 Å². The lowest BCUT2D eigenvalue weighted by atomic mass is 9.99. The third-order valence-electron chi connectivity index (χ3n) is 1.18. The fourth-order valence-corrected chi connectivity index (χ4v) is 0.823. The number of morpholine rings is 1. The van der Waals surface area contributed by atoms with Gasteiger partial charge in [0.05, 0.1) is 6.10 Å². The van der Waals surface area contributed by atoms with Gasteiger partial charge in [-0.3, -0.25) is 0 Å². The average Bonchev–Trinajstić information content (AvgIpc) is 1.64. The lowest BCUT2D eigenvalue weighted by Gasteiger charge is -2.26. The Kier molecular flexibility index (Phi) is 1.92. The highest BCUT2D eigenvalue weighted by atomic mass is 16.5. The molecule has 2 atom stereocenters. The minimum atomic E-state index is -0.0984. The first-order valence-electron chi connectivity index (χ1n) is 2.91.